The fourth-order valence-corrected chi connectivity index (χ4v) is 13.1. The highest BCUT2D eigenvalue weighted by Crippen LogP contribution is 2.43. The van der Waals surface area contributed by atoms with Crippen LogP contribution in [0.1, 0.15) is 118 Å². The first-order chi connectivity index (χ1) is 51.6. The molecule has 0 saturated heterocycles. The first-order valence-corrected chi connectivity index (χ1v) is 36.7. The lowest BCUT2D eigenvalue weighted by molar-refractivity contribution is -0.316. The van der Waals surface area contributed by atoms with Gasteiger partial charge in [0.2, 0.25) is 11.8 Å². The Bertz CT molecular complexity index is 3780. The van der Waals surface area contributed by atoms with Crippen LogP contribution in [-0.4, -0.2) is 219 Å². The number of nitrogens with two attached hydrogens (primary N) is 1. The van der Waals surface area contributed by atoms with E-state index < -0.39 is 24.0 Å². The fourth-order valence-electron chi connectivity index (χ4n) is 13.1. The number of unbranched alkanes of at least 4 members (excludes halogenated alkanes) is 1. The average molecular weight is 1480 g/mol. The summed E-state index contributed by atoms with van der Waals surface area (Å²) in [5, 5.41) is 36.3. The number of pyridine rings is 2. The topological polar surface area (TPSA) is 390 Å². The molecule has 1 aliphatic carbocycles. The van der Waals surface area contributed by atoms with E-state index in [0.717, 1.165) is 29.4 Å². The van der Waals surface area contributed by atoms with Gasteiger partial charge in [0, 0.05) is 72.2 Å². The molecule has 31 nitrogen and oxygen atoms in total. The van der Waals surface area contributed by atoms with Crippen molar-refractivity contribution >= 4 is 57.8 Å². The molecule has 3 aliphatic heterocycles. The molecule has 4 aliphatic rings. The molecule has 1 saturated carbocycles. The number of carbonyl (C=O) groups excluding carboxylic acids is 7. The number of rotatable bonds is 52. The third-order valence-electron chi connectivity index (χ3n) is 18.8. The van der Waals surface area contributed by atoms with Crippen molar-refractivity contribution in [3.8, 4) is 17.1 Å². The van der Waals surface area contributed by atoms with Crippen LogP contribution in [0.2, 0.25) is 0 Å². The zero-order valence-corrected chi connectivity index (χ0v) is 60.6. The molecule has 9 rings (SSSR count). The Kier molecular flexibility index (Phi) is 33.2. The number of benzene rings is 2. The predicted molar refractivity (Wildman–Crippen MR) is 381 cm³/mol. The minimum absolute atomic E-state index is 0.0105. The van der Waals surface area contributed by atoms with Gasteiger partial charge in [0.25, 0.3) is 23.8 Å². The number of esters is 1. The summed E-state index contributed by atoms with van der Waals surface area (Å²) in [7, 11) is 0. The molecule has 6 N–H and O–H groups in total. The van der Waals surface area contributed by atoms with E-state index in [2.05, 4.69) is 20.9 Å². The number of hydrogen-bond acceptors (Lipinski definition) is 26. The number of carbonyl (C=O) groups is 7. The Balaban J connectivity index is 0.528. The standard InChI is InChI=1S/C75H101N9O22/c1-3-60-61-41-57(85)18-19-65(61)79-69-62(60)46-83-66(69)42-64-63(72(83)92)50-104-73(93)75(64,4-2)106-74(94)105-47-52-12-16-55(17-13-52)78-71(91)54(8-5-6-22-76)40-59(87)49-103-48-58(86)9-7-24-95-26-28-97-30-32-99-34-36-101-38-39-102-37-35-100-33-31-98-29-27-96-25-23-82-45-56(80-81-82)43-77-70(90)53-14-10-51(11-15-53)44-84-67(88)20-21-68(84)89/h12-13,16-21,41-42,45,51,53-54,74,85,94H,3-11,14-15,22-40,43-44,46-50,76H2,1-2H3,(H,77,90)(H,78,91)/t51?,53?,54?,74?,75-/m0/s1. The number of aliphatic hydroxyl groups is 1. The summed E-state index contributed by atoms with van der Waals surface area (Å²) >= 11 is 0. The maximum Gasteiger partial charge on any atom is 0.343 e. The number of cyclic esters (lactones) is 1. The van der Waals surface area contributed by atoms with Crippen molar-refractivity contribution in [3.63, 3.8) is 0 Å². The maximum atomic E-state index is 14.2. The number of imide groups is 1. The zero-order valence-electron chi connectivity index (χ0n) is 60.6. The van der Waals surface area contributed by atoms with Gasteiger partial charge in [-0.2, -0.15) is 0 Å². The van der Waals surface area contributed by atoms with E-state index in [1.54, 1.807) is 70.9 Å². The highest BCUT2D eigenvalue weighted by atomic mass is 16.8. The number of ketones is 2. The summed E-state index contributed by atoms with van der Waals surface area (Å²) in [6.07, 6.45) is 10.2. The summed E-state index contributed by atoms with van der Waals surface area (Å²) in [5.41, 5.74) is 9.09. The summed E-state index contributed by atoms with van der Waals surface area (Å²) < 4.78 is 70.5. The average Bonchev–Trinajstić information content (AvgIpc) is 1.49. The number of phenolic OH excluding ortho intramolecular Hbond substituents is 1. The monoisotopic (exact) mass is 1480 g/mol. The normalized spacial score (nSPS) is 17.4. The second kappa shape index (κ2) is 43.0. The molecular formula is C75H101N9O22. The predicted octanol–water partition coefficient (Wildman–Crippen LogP) is 4.65. The molecular weight excluding hydrogens is 1380 g/mol. The van der Waals surface area contributed by atoms with Gasteiger partial charge in [-0.15, -0.1) is 5.10 Å². The quantitative estimate of drug-likeness (QED) is 0.0150. The number of Topliss-reactive ketones (excluding diaryl/α,β-unsaturated/α-hetero) is 2. The van der Waals surface area contributed by atoms with E-state index in [1.807, 2.05) is 6.92 Å². The molecule has 0 spiro atoms. The van der Waals surface area contributed by atoms with Gasteiger partial charge in [-0.1, -0.05) is 37.6 Å². The van der Waals surface area contributed by atoms with Gasteiger partial charge in [0.15, 0.2) is 17.2 Å². The molecule has 0 bridgehead atoms. The second-order valence-electron chi connectivity index (χ2n) is 26.3. The lowest BCUT2D eigenvalue weighted by atomic mass is 9.81. The van der Waals surface area contributed by atoms with E-state index in [4.69, 9.17) is 67.6 Å². The van der Waals surface area contributed by atoms with Crippen molar-refractivity contribution in [2.45, 2.75) is 136 Å². The molecule has 2 aromatic carbocycles. The van der Waals surface area contributed by atoms with E-state index in [0.29, 0.717) is 204 Å². The first-order valence-electron chi connectivity index (χ1n) is 36.7. The van der Waals surface area contributed by atoms with Gasteiger partial charge in [0.1, 0.15) is 31.3 Å². The van der Waals surface area contributed by atoms with Gasteiger partial charge in [-0.05, 0) is 118 Å². The molecule has 3 aromatic heterocycles. The van der Waals surface area contributed by atoms with Crippen molar-refractivity contribution in [3.05, 3.63) is 111 Å². The van der Waals surface area contributed by atoms with Crippen molar-refractivity contribution in [1.82, 2.24) is 34.8 Å². The summed E-state index contributed by atoms with van der Waals surface area (Å²) in [5.74, 6) is -2.72. The van der Waals surface area contributed by atoms with E-state index in [1.165, 1.54) is 17.1 Å². The van der Waals surface area contributed by atoms with Gasteiger partial charge in [0.05, 0.1) is 154 Å². The molecule has 31 heteroatoms. The maximum absolute atomic E-state index is 14.2. The van der Waals surface area contributed by atoms with Crippen molar-refractivity contribution in [1.29, 1.82) is 0 Å². The third kappa shape index (κ3) is 24.2. The van der Waals surface area contributed by atoms with Crippen LogP contribution in [0.5, 0.6) is 5.75 Å². The smallest absolute Gasteiger partial charge is 0.343 e. The number of phenols is 1. The number of amides is 4. The molecule has 2 unspecified atom stereocenters. The Morgan fingerprint density at radius 2 is 1.35 bits per heavy atom. The lowest BCUT2D eigenvalue weighted by Crippen LogP contribution is -2.48. The van der Waals surface area contributed by atoms with Crippen molar-refractivity contribution in [2.24, 2.45) is 23.5 Å². The Hall–Kier alpha value is -8.15. The number of hydrogen-bond donors (Lipinski definition) is 5. The van der Waals surface area contributed by atoms with E-state index in [-0.39, 0.29) is 128 Å². The summed E-state index contributed by atoms with van der Waals surface area (Å²) in [4.78, 5) is 110. The van der Waals surface area contributed by atoms with Crippen LogP contribution in [0.15, 0.2) is 71.7 Å². The van der Waals surface area contributed by atoms with Crippen LogP contribution in [0, 0.1) is 17.8 Å². The number of aromatic nitrogens is 5. The molecule has 106 heavy (non-hydrogen) atoms. The lowest BCUT2D eigenvalue weighted by Gasteiger charge is -2.37. The van der Waals surface area contributed by atoms with Crippen LogP contribution >= 0.6 is 0 Å². The Morgan fingerprint density at radius 1 is 0.726 bits per heavy atom. The number of nitrogens with one attached hydrogen (secondary N) is 2. The summed E-state index contributed by atoms with van der Waals surface area (Å²) in [6.45, 7) is 8.98. The molecule has 4 amide bonds. The number of fused-ring (bicyclic) bond motifs is 5. The number of aryl methyl sites for hydroxylation is 1. The number of aliphatic hydroxyl groups excluding tert-OH is 1. The van der Waals surface area contributed by atoms with Gasteiger partial charge in [-0.25, -0.2) is 14.5 Å². The SMILES string of the molecule is CCc1c2c(nc3ccc(O)cc13)-c1cc3c(c(=O)n1C2)COC(=O)[C@@]3(CC)OC(O)OCc1ccc(NC(=O)C(CCCCN)CC(=O)COCC(=O)CCCOCCOCCOCCOCCOCCOCCOCCOCCn2cc(CNC(=O)C3CCC(CN4C(=O)C=CC4=O)CC3)nn2)cc1. The Labute approximate surface area is 615 Å². The van der Waals surface area contributed by atoms with Gasteiger partial charge < -0.3 is 88.0 Å². The zero-order chi connectivity index (χ0) is 75.1. The number of anilines is 1. The number of aromatic hydroxyl groups is 1. The highest BCUT2D eigenvalue weighted by molar-refractivity contribution is 6.12. The highest BCUT2D eigenvalue weighted by Gasteiger charge is 2.50. The molecule has 578 valence electrons. The van der Waals surface area contributed by atoms with Crippen molar-refractivity contribution < 1.29 is 101 Å². The molecule has 3 atom stereocenters. The number of ether oxygens (including phenoxy) is 12. The summed E-state index contributed by atoms with van der Waals surface area (Å²) in [6, 6.07) is 13.3. The molecule has 5 aromatic rings. The van der Waals surface area contributed by atoms with Crippen LogP contribution in [0.3, 0.4) is 0 Å². The third-order valence-corrected chi connectivity index (χ3v) is 18.8. The first kappa shape index (κ1) is 81.9. The fraction of sp³-hybridized carbons (Fsp3) is 0.587. The van der Waals surface area contributed by atoms with Crippen molar-refractivity contribution in [2.75, 3.05) is 137 Å². The van der Waals surface area contributed by atoms with E-state index >= 15 is 0 Å². The minimum atomic E-state index is -1.94. The largest absolute Gasteiger partial charge is 0.508 e. The number of nitrogens with zero attached hydrogens (tertiary/aromatic N) is 6. The van der Waals surface area contributed by atoms with Crippen LogP contribution in [0.4, 0.5) is 5.69 Å². The molecule has 6 heterocycles. The minimum Gasteiger partial charge on any atom is -0.508 e. The van der Waals surface area contributed by atoms with Gasteiger partial charge >= 0.3 is 5.97 Å². The second-order valence-corrected chi connectivity index (χ2v) is 26.3. The molecule has 0 radical (unpaired) electrons. The van der Waals surface area contributed by atoms with Crippen LogP contribution in [0.25, 0.3) is 22.3 Å². The molecule has 1 fully saturated rings. The van der Waals surface area contributed by atoms with Crippen LogP contribution < -0.4 is 21.9 Å². The van der Waals surface area contributed by atoms with E-state index in [9.17, 15) is 48.6 Å². The van der Waals surface area contributed by atoms with Gasteiger partial charge in [-0.3, -0.25) is 38.5 Å². The van der Waals surface area contributed by atoms with Crippen LogP contribution in [-0.2, 0) is 135 Å². The Morgan fingerprint density at radius 3 is 1.97 bits per heavy atom.